The zero-order valence-electron chi connectivity index (χ0n) is 11.9. The van der Waals surface area contributed by atoms with Crippen molar-refractivity contribution in [2.75, 3.05) is 6.61 Å². The Hall–Kier alpha value is -1.77. The molecule has 3 rings (SSSR count). The van der Waals surface area contributed by atoms with E-state index < -0.39 is 0 Å². The highest BCUT2D eigenvalue weighted by atomic mass is 16.5. The second-order valence-electron chi connectivity index (χ2n) is 5.32. The molecule has 2 aliphatic rings. The number of ether oxygens (including phenoxy) is 2. The van der Waals surface area contributed by atoms with E-state index in [9.17, 15) is 4.79 Å². The van der Waals surface area contributed by atoms with Gasteiger partial charge in [0.15, 0.2) is 0 Å². The van der Waals surface area contributed by atoms with Crippen LogP contribution in [0.5, 0.6) is 5.75 Å². The molecular weight excluding hydrogens is 252 g/mol. The molecular formula is C17H20O3. The summed E-state index contributed by atoms with van der Waals surface area (Å²) in [6.45, 7) is 2.26. The predicted octanol–water partition coefficient (Wildman–Crippen LogP) is 3.73. The number of esters is 1. The summed E-state index contributed by atoms with van der Waals surface area (Å²) in [6, 6.07) is 8.14. The van der Waals surface area contributed by atoms with Crippen LogP contribution >= 0.6 is 0 Å². The molecule has 3 heteroatoms. The number of allylic oxidation sites excluding steroid dienone is 1. The maximum absolute atomic E-state index is 11.8. The van der Waals surface area contributed by atoms with Gasteiger partial charge in [0.1, 0.15) is 11.9 Å². The molecule has 1 atom stereocenters. The SMILES string of the molecule is CCOC(=O)CC1Oc2ccccc2C2=C1CCCC2. The van der Waals surface area contributed by atoms with Crippen LogP contribution < -0.4 is 4.74 Å². The van der Waals surface area contributed by atoms with Gasteiger partial charge in [-0.3, -0.25) is 4.79 Å². The normalized spacial score (nSPS) is 20.8. The molecule has 20 heavy (non-hydrogen) atoms. The smallest absolute Gasteiger partial charge is 0.309 e. The standard InChI is InChI=1S/C17H20O3/c1-2-19-17(18)11-16-14-9-4-3-7-12(14)13-8-5-6-10-15(13)20-16/h5-6,8,10,16H,2-4,7,9,11H2,1H3. The van der Waals surface area contributed by atoms with Crippen LogP contribution in [0.25, 0.3) is 5.57 Å². The van der Waals surface area contributed by atoms with E-state index in [0.717, 1.165) is 18.6 Å². The van der Waals surface area contributed by atoms with Crippen LogP contribution in [-0.4, -0.2) is 18.7 Å². The molecule has 0 spiro atoms. The monoisotopic (exact) mass is 272 g/mol. The van der Waals surface area contributed by atoms with Crippen molar-refractivity contribution in [3.8, 4) is 5.75 Å². The molecule has 0 fully saturated rings. The number of benzene rings is 1. The van der Waals surface area contributed by atoms with Gasteiger partial charge in [-0.05, 0) is 49.8 Å². The molecule has 0 saturated heterocycles. The summed E-state index contributed by atoms with van der Waals surface area (Å²) in [5, 5.41) is 0. The fourth-order valence-corrected chi connectivity index (χ4v) is 3.17. The molecule has 0 bridgehead atoms. The number of carbonyl (C=O) groups is 1. The van der Waals surface area contributed by atoms with Crippen molar-refractivity contribution in [3.05, 3.63) is 35.4 Å². The Morgan fingerprint density at radius 2 is 2.10 bits per heavy atom. The Labute approximate surface area is 119 Å². The Morgan fingerprint density at radius 1 is 1.30 bits per heavy atom. The third kappa shape index (κ3) is 2.45. The minimum absolute atomic E-state index is 0.140. The van der Waals surface area contributed by atoms with Gasteiger partial charge in [0.05, 0.1) is 13.0 Å². The summed E-state index contributed by atoms with van der Waals surface area (Å²) < 4.78 is 11.1. The van der Waals surface area contributed by atoms with Gasteiger partial charge in [-0.1, -0.05) is 18.2 Å². The highest BCUT2D eigenvalue weighted by Crippen LogP contribution is 2.43. The van der Waals surface area contributed by atoms with Gasteiger partial charge in [-0.2, -0.15) is 0 Å². The molecule has 1 aliphatic carbocycles. The highest BCUT2D eigenvalue weighted by molar-refractivity contribution is 5.78. The number of fused-ring (bicyclic) bond motifs is 2. The quantitative estimate of drug-likeness (QED) is 0.786. The van der Waals surface area contributed by atoms with E-state index >= 15 is 0 Å². The van der Waals surface area contributed by atoms with Gasteiger partial charge in [0, 0.05) is 5.56 Å². The zero-order valence-corrected chi connectivity index (χ0v) is 11.9. The van der Waals surface area contributed by atoms with Crippen molar-refractivity contribution in [1.82, 2.24) is 0 Å². The molecule has 1 aromatic rings. The molecule has 0 N–H and O–H groups in total. The number of hydrogen-bond acceptors (Lipinski definition) is 3. The lowest BCUT2D eigenvalue weighted by molar-refractivity contribution is -0.144. The Morgan fingerprint density at radius 3 is 2.95 bits per heavy atom. The second kappa shape index (κ2) is 5.70. The Balaban J connectivity index is 1.92. The summed E-state index contributed by atoms with van der Waals surface area (Å²) in [7, 11) is 0. The van der Waals surface area contributed by atoms with Crippen LogP contribution in [0, 0.1) is 0 Å². The van der Waals surface area contributed by atoms with E-state index in [1.54, 1.807) is 0 Å². The molecule has 0 amide bonds. The maximum Gasteiger partial charge on any atom is 0.309 e. The largest absolute Gasteiger partial charge is 0.485 e. The maximum atomic E-state index is 11.8. The van der Waals surface area contributed by atoms with Gasteiger partial charge in [0.25, 0.3) is 0 Å². The molecule has 1 heterocycles. The average Bonchev–Trinajstić information content (AvgIpc) is 2.48. The lowest BCUT2D eigenvalue weighted by Gasteiger charge is -2.33. The second-order valence-corrected chi connectivity index (χ2v) is 5.32. The molecule has 106 valence electrons. The third-order valence-corrected chi connectivity index (χ3v) is 4.04. The van der Waals surface area contributed by atoms with Gasteiger partial charge in [-0.15, -0.1) is 0 Å². The van der Waals surface area contributed by atoms with E-state index in [1.165, 1.54) is 29.6 Å². The van der Waals surface area contributed by atoms with Crippen molar-refractivity contribution < 1.29 is 14.3 Å². The summed E-state index contributed by atoms with van der Waals surface area (Å²) in [5.41, 5.74) is 3.91. The summed E-state index contributed by atoms with van der Waals surface area (Å²) in [5.74, 6) is 0.733. The first-order valence-corrected chi connectivity index (χ1v) is 7.43. The fraction of sp³-hybridized carbons (Fsp3) is 0.471. The van der Waals surface area contributed by atoms with Crippen molar-refractivity contribution in [2.45, 2.75) is 45.1 Å². The lowest BCUT2D eigenvalue weighted by atomic mass is 9.82. The summed E-state index contributed by atoms with van der Waals surface area (Å²) in [4.78, 5) is 11.8. The molecule has 0 radical (unpaired) electrons. The van der Waals surface area contributed by atoms with Crippen molar-refractivity contribution in [2.24, 2.45) is 0 Å². The predicted molar refractivity (Wildman–Crippen MR) is 77.5 cm³/mol. The van der Waals surface area contributed by atoms with Gasteiger partial charge >= 0.3 is 5.97 Å². The van der Waals surface area contributed by atoms with Crippen molar-refractivity contribution in [3.63, 3.8) is 0 Å². The van der Waals surface area contributed by atoms with Crippen molar-refractivity contribution in [1.29, 1.82) is 0 Å². The minimum Gasteiger partial charge on any atom is -0.485 e. The highest BCUT2D eigenvalue weighted by Gasteiger charge is 2.31. The van der Waals surface area contributed by atoms with Crippen LogP contribution in [-0.2, 0) is 9.53 Å². The lowest BCUT2D eigenvalue weighted by Crippen LogP contribution is -2.29. The van der Waals surface area contributed by atoms with Gasteiger partial charge < -0.3 is 9.47 Å². The van der Waals surface area contributed by atoms with Crippen LogP contribution in [0.3, 0.4) is 0 Å². The minimum atomic E-state index is -0.172. The first-order valence-electron chi connectivity index (χ1n) is 7.43. The molecule has 0 aromatic heterocycles. The van der Waals surface area contributed by atoms with E-state index in [4.69, 9.17) is 9.47 Å². The fourth-order valence-electron chi connectivity index (χ4n) is 3.17. The van der Waals surface area contributed by atoms with E-state index in [-0.39, 0.29) is 12.1 Å². The molecule has 0 saturated carbocycles. The summed E-state index contributed by atoms with van der Waals surface area (Å²) >= 11 is 0. The van der Waals surface area contributed by atoms with Crippen LogP contribution in [0.4, 0.5) is 0 Å². The number of rotatable bonds is 3. The zero-order chi connectivity index (χ0) is 13.9. The Bertz CT molecular complexity index is 545. The Kier molecular flexibility index (Phi) is 3.77. The molecule has 1 aromatic carbocycles. The number of carbonyl (C=O) groups excluding carboxylic acids is 1. The van der Waals surface area contributed by atoms with Crippen LogP contribution in [0.2, 0.25) is 0 Å². The van der Waals surface area contributed by atoms with Crippen LogP contribution in [0.1, 0.15) is 44.6 Å². The molecule has 3 nitrogen and oxygen atoms in total. The first kappa shape index (κ1) is 13.2. The van der Waals surface area contributed by atoms with Crippen LogP contribution in [0.15, 0.2) is 29.8 Å². The van der Waals surface area contributed by atoms with E-state index in [2.05, 4.69) is 6.07 Å². The van der Waals surface area contributed by atoms with E-state index in [1.807, 2.05) is 25.1 Å². The van der Waals surface area contributed by atoms with Crippen molar-refractivity contribution >= 4 is 11.5 Å². The van der Waals surface area contributed by atoms with Gasteiger partial charge in [0.2, 0.25) is 0 Å². The number of para-hydroxylation sites is 1. The summed E-state index contributed by atoms with van der Waals surface area (Å²) in [6.07, 6.45) is 4.71. The number of hydrogen-bond donors (Lipinski definition) is 0. The third-order valence-electron chi connectivity index (χ3n) is 4.04. The molecule has 1 unspecified atom stereocenters. The first-order chi connectivity index (χ1) is 9.79. The topological polar surface area (TPSA) is 35.5 Å². The van der Waals surface area contributed by atoms with E-state index in [0.29, 0.717) is 13.0 Å². The average molecular weight is 272 g/mol. The van der Waals surface area contributed by atoms with Gasteiger partial charge in [-0.25, -0.2) is 0 Å². The molecule has 1 aliphatic heterocycles.